The molecule has 1 atom stereocenters. The number of piperidine rings is 1. The summed E-state index contributed by atoms with van der Waals surface area (Å²) in [6.07, 6.45) is 6.71. The third-order valence-corrected chi connectivity index (χ3v) is 7.19. The zero-order chi connectivity index (χ0) is 27.8. The van der Waals surface area contributed by atoms with Gasteiger partial charge >= 0.3 is 0 Å². The van der Waals surface area contributed by atoms with Gasteiger partial charge in [0.15, 0.2) is 17.2 Å². The summed E-state index contributed by atoms with van der Waals surface area (Å²) in [7, 11) is 0. The van der Waals surface area contributed by atoms with Crippen molar-refractivity contribution in [2.45, 2.75) is 31.7 Å². The van der Waals surface area contributed by atoms with Crippen LogP contribution < -0.4 is 10.5 Å². The van der Waals surface area contributed by atoms with E-state index in [0.717, 1.165) is 31.7 Å². The molecule has 6 rings (SSSR count). The highest BCUT2D eigenvalue weighted by Gasteiger charge is 2.31. The van der Waals surface area contributed by atoms with Crippen LogP contribution in [-0.4, -0.2) is 43.6 Å². The van der Waals surface area contributed by atoms with Crippen molar-refractivity contribution >= 4 is 22.8 Å². The first-order valence-corrected chi connectivity index (χ1v) is 13.0. The van der Waals surface area contributed by atoms with Crippen LogP contribution >= 0.6 is 0 Å². The Morgan fingerprint density at radius 2 is 1.93 bits per heavy atom. The number of benzene rings is 2. The number of nitrogens with zero attached hydrogens (tertiary/aromatic N) is 6. The molecule has 2 aromatic heterocycles. The number of fused-ring (bicyclic) bond motifs is 1. The number of allylic oxidation sites excluding steroid dienone is 1. The summed E-state index contributed by atoms with van der Waals surface area (Å²) in [4.78, 5) is 23.5. The van der Waals surface area contributed by atoms with Crippen LogP contribution in [0.5, 0.6) is 11.5 Å². The van der Waals surface area contributed by atoms with Crippen molar-refractivity contribution in [1.82, 2.24) is 24.6 Å². The van der Waals surface area contributed by atoms with Crippen molar-refractivity contribution < 1.29 is 18.3 Å². The minimum atomic E-state index is -1.06. The normalized spacial score (nSPS) is 17.6. The Morgan fingerprint density at radius 1 is 1.12 bits per heavy atom. The molecule has 0 spiro atoms. The van der Waals surface area contributed by atoms with Gasteiger partial charge in [0, 0.05) is 18.7 Å². The number of nitriles is 1. The maximum Gasteiger partial charge on any atom is 0.264 e. The fourth-order valence-electron chi connectivity index (χ4n) is 4.99. The molecule has 2 fully saturated rings. The number of carbonyl (C=O) groups is 1. The lowest BCUT2D eigenvalue weighted by Crippen LogP contribution is -2.41. The first-order chi connectivity index (χ1) is 19.4. The molecule has 2 N–H and O–H groups in total. The van der Waals surface area contributed by atoms with E-state index in [1.165, 1.54) is 18.5 Å². The molecule has 1 saturated heterocycles. The van der Waals surface area contributed by atoms with Crippen molar-refractivity contribution in [3.63, 3.8) is 0 Å². The maximum atomic E-state index is 14.0. The van der Waals surface area contributed by atoms with Gasteiger partial charge in [-0.1, -0.05) is 12.1 Å². The highest BCUT2D eigenvalue weighted by atomic mass is 19.2. The number of ether oxygens (including phenoxy) is 1. The Kier molecular flexibility index (Phi) is 6.59. The van der Waals surface area contributed by atoms with Gasteiger partial charge in [-0.3, -0.25) is 4.79 Å². The minimum absolute atomic E-state index is 0.178. The minimum Gasteiger partial charge on any atom is -0.454 e. The SMILES string of the molecule is N#CC(=CC1CC1)C(=O)N1CCC[C@H](n2nc(-c3ccc(Oc4cccc(F)c4F)cc3)c3c(N)ncnc32)C1. The number of anilines is 1. The number of carbonyl (C=O) groups excluding carboxylic acids is 1. The van der Waals surface area contributed by atoms with Crippen molar-refractivity contribution in [2.24, 2.45) is 5.92 Å². The lowest BCUT2D eigenvalue weighted by Gasteiger charge is -2.32. The molecule has 2 aromatic carbocycles. The predicted molar refractivity (Wildman–Crippen MR) is 143 cm³/mol. The van der Waals surface area contributed by atoms with Gasteiger partial charge in [0.05, 0.1) is 11.4 Å². The van der Waals surface area contributed by atoms with Crippen molar-refractivity contribution in [1.29, 1.82) is 5.26 Å². The molecule has 3 heterocycles. The van der Waals surface area contributed by atoms with E-state index >= 15 is 0 Å². The van der Waals surface area contributed by atoms with Gasteiger partial charge in [0.2, 0.25) is 5.82 Å². The number of hydrogen-bond donors (Lipinski definition) is 1. The van der Waals surface area contributed by atoms with Gasteiger partial charge in [-0.25, -0.2) is 19.0 Å². The van der Waals surface area contributed by atoms with Crippen LogP contribution in [0.1, 0.15) is 31.7 Å². The largest absolute Gasteiger partial charge is 0.454 e. The summed E-state index contributed by atoms with van der Waals surface area (Å²) in [5.74, 6) is -1.63. The van der Waals surface area contributed by atoms with Crippen molar-refractivity contribution in [3.8, 4) is 28.8 Å². The molecule has 0 bridgehead atoms. The monoisotopic (exact) mass is 541 g/mol. The summed E-state index contributed by atoms with van der Waals surface area (Å²) in [6, 6.07) is 12.4. The number of rotatable bonds is 6. The summed E-state index contributed by atoms with van der Waals surface area (Å²) < 4.78 is 34.9. The Hall–Kier alpha value is -4.85. The van der Waals surface area contributed by atoms with Gasteiger partial charge in [-0.05, 0) is 68.0 Å². The third kappa shape index (κ3) is 4.84. The molecule has 11 heteroatoms. The number of nitrogen functional groups attached to an aromatic ring is 1. The van der Waals surface area contributed by atoms with Crippen LogP contribution in [0.4, 0.5) is 14.6 Å². The quantitative estimate of drug-likeness (QED) is 0.264. The number of likely N-dealkylation sites (tertiary alicyclic amines) is 1. The van der Waals surface area contributed by atoms with E-state index in [2.05, 4.69) is 16.0 Å². The lowest BCUT2D eigenvalue weighted by molar-refractivity contribution is -0.128. The van der Waals surface area contributed by atoms with Crippen LogP contribution in [0, 0.1) is 28.9 Å². The van der Waals surface area contributed by atoms with Crippen LogP contribution in [0.25, 0.3) is 22.3 Å². The van der Waals surface area contributed by atoms with Gasteiger partial charge in [-0.15, -0.1) is 0 Å². The molecule has 1 aliphatic carbocycles. The third-order valence-electron chi connectivity index (χ3n) is 7.19. The topological polar surface area (TPSA) is 123 Å². The summed E-state index contributed by atoms with van der Waals surface area (Å²) in [5.41, 5.74) is 8.25. The molecular formula is C29H25F2N7O2. The van der Waals surface area contributed by atoms with E-state index in [1.807, 2.05) is 0 Å². The highest BCUT2D eigenvalue weighted by molar-refractivity contribution is 5.99. The number of nitrogens with two attached hydrogens (primary N) is 1. The van der Waals surface area contributed by atoms with Crippen LogP contribution in [0.3, 0.4) is 0 Å². The smallest absolute Gasteiger partial charge is 0.264 e. The van der Waals surface area contributed by atoms with Crippen LogP contribution in [-0.2, 0) is 4.79 Å². The van der Waals surface area contributed by atoms with E-state index in [1.54, 1.807) is 39.9 Å². The average molecular weight is 542 g/mol. The van der Waals surface area contributed by atoms with Gasteiger partial charge in [-0.2, -0.15) is 14.8 Å². The standard InChI is InChI=1S/C29H25F2N7O2/c30-22-4-1-5-23(25(22)31)40-21-10-8-18(9-11-21)26-24-27(33)34-16-35-28(24)38(36-26)20-3-2-12-37(15-20)29(39)19(14-32)13-17-6-7-17/h1,4-5,8-11,13,16-17,20H,2-3,6-7,12,15H2,(H2,33,34,35)/t20-/m0/s1. The second kappa shape index (κ2) is 10.4. The van der Waals surface area contributed by atoms with Gasteiger partial charge in [0.1, 0.15) is 35.2 Å². The molecule has 202 valence electrons. The fourth-order valence-corrected chi connectivity index (χ4v) is 4.99. The maximum absolute atomic E-state index is 14.0. The molecule has 4 aromatic rings. The first-order valence-electron chi connectivity index (χ1n) is 13.0. The summed E-state index contributed by atoms with van der Waals surface area (Å²) in [6.45, 7) is 0.949. The molecule has 1 amide bonds. The zero-order valence-corrected chi connectivity index (χ0v) is 21.4. The molecule has 2 aliphatic rings. The highest BCUT2D eigenvalue weighted by Crippen LogP contribution is 2.36. The van der Waals surface area contributed by atoms with Gasteiger partial charge in [0.25, 0.3) is 5.91 Å². The Balaban J connectivity index is 1.30. The Morgan fingerprint density at radius 3 is 2.67 bits per heavy atom. The van der Waals surface area contributed by atoms with Gasteiger partial charge < -0.3 is 15.4 Å². The molecule has 1 aliphatic heterocycles. The number of hydrogen-bond acceptors (Lipinski definition) is 7. The summed E-state index contributed by atoms with van der Waals surface area (Å²) in [5, 5.41) is 15.0. The van der Waals surface area contributed by atoms with E-state index in [-0.39, 0.29) is 29.1 Å². The number of aromatic nitrogens is 4. The van der Waals surface area contributed by atoms with Crippen molar-refractivity contribution in [2.75, 3.05) is 18.8 Å². The van der Waals surface area contributed by atoms with E-state index in [0.29, 0.717) is 47.0 Å². The molecule has 0 unspecified atom stereocenters. The predicted octanol–water partition coefficient (Wildman–Crippen LogP) is 5.17. The Bertz CT molecular complexity index is 1670. The second-order valence-electron chi connectivity index (χ2n) is 10.0. The fraction of sp³-hybridized carbons (Fsp3) is 0.276. The molecular weight excluding hydrogens is 516 g/mol. The van der Waals surface area contributed by atoms with Crippen molar-refractivity contribution in [3.05, 3.63) is 72.1 Å². The average Bonchev–Trinajstić information content (AvgIpc) is 3.71. The second-order valence-corrected chi connectivity index (χ2v) is 10.0. The number of amides is 1. The Labute approximate surface area is 228 Å². The first kappa shape index (κ1) is 25.4. The molecule has 9 nitrogen and oxygen atoms in total. The number of halogens is 2. The van der Waals surface area contributed by atoms with Crippen LogP contribution in [0.2, 0.25) is 0 Å². The van der Waals surface area contributed by atoms with Crippen LogP contribution in [0.15, 0.2) is 60.4 Å². The summed E-state index contributed by atoms with van der Waals surface area (Å²) >= 11 is 0. The molecule has 40 heavy (non-hydrogen) atoms. The van der Waals surface area contributed by atoms with E-state index < -0.39 is 11.6 Å². The van der Waals surface area contributed by atoms with E-state index in [4.69, 9.17) is 15.6 Å². The van der Waals surface area contributed by atoms with E-state index in [9.17, 15) is 18.8 Å². The zero-order valence-electron chi connectivity index (χ0n) is 21.4. The molecule has 1 saturated carbocycles. The lowest BCUT2D eigenvalue weighted by atomic mass is 10.0. The molecule has 0 radical (unpaired) electrons.